The highest BCUT2D eigenvalue weighted by Crippen LogP contribution is 2.30. The molecule has 38 heavy (non-hydrogen) atoms. The van der Waals surface area contributed by atoms with E-state index in [1.807, 2.05) is 0 Å². The number of hydrogen-bond acceptors (Lipinski definition) is 4. The van der Waals surface area contributed by atoms with Crippen molar-refractivity contribution in [3.05, 3.63) is 113 Å². The quantitative estimate of drug-likeness (QED) is 0.236. The van der Waals surface area contributed by atoms with Gasteiger partial charge in [-0.25, -0.2) is 14.9 Å². The van der Waals surface area contributed by atoms with E-state index in [-0.39, 0.29) is 11.8 Å². The van der Waals surface area contributed by atoms with Crippen LogP contribution in [-0.4, -0.2) is 26.3 Å². The third-order valence-electron chi connectivity index (χ3n) is 7.21. The number of nitrogens with zero attached hydrogens (tertiary/aromatic N) is 4. The fourth-order valence-electron chi connectivity index (χ4n) is 5.15. The van der Waals surface area contributed by atoms with Crippen LogP contribution < -0.4 is 4.90 Å². The van der Waals surface area contributed by atoms with Crippen LogP contribution in [0.3, 0.4) is 0 Å². The van der Waals surface area contributed by atoms with Crippen molar-refractivity contribution in [1.82, 2.24) is 14.5 Å². The van der Waals surface area contributed by atoms with Crippen LogP contribution in [-0.2, 0) is 13.0 Å². The van der Waals surface area contributed by atoms with Gasteiger partial charge >= 0.3 is 0 Å². The number of unbranched alkanes of at least 4 members (excludes halogenated alkanes) is 1. The minimum atomic E-state index is -0.328. The van der Waals surface area contributed by atoms with Gasteiger partial charge in [-0.2, -0.15) is 0 Å². The lowest BCUT2D eigenvalue weighted by Gasteiger charge is -2.14. The van der Waals surface area contributed by atoms with Crippen LogP contribution in [0, 0.1) is 6.92 Å². The summed E-state index contributed by atoms with van der Waals surface area (Å²) in [6, 6.07) is 25.7. The number of fused-ring (bicyclic) bond motifs is 2. The molecule has 6 nitrogen and oxygen atoms in total. The van der Waals surface area contributed by atoms with Gasteiger partial charge in [0.2, 0.25) is 0 Å². The molecule has 0 saturated carbocycles. The van der Waals surface area contributed by atoms with E-state index in [2.05, 4.69) is 66.9 Å². The number of amides is 2. The van der Waals surface area contributed by atoms with Crippen molar-refractivity contribution in [2.75, 3.05) is 4.90 Å². The second-order valence-electron chi connectivity index (χ2n) is 9.76. The highest BCUT2D eigenvalue weighted by atomic mass is 16.2. The molecular formula is C32H28N4O2. The summed E-state index contributed by atoms with van der Waals surface area (Å²) in [6.07, 6.45) is 4.51. The first-order chi connectivity index (χ1) is 18.5. The van der Waals surface area contributed by atoms with Gasteiger partial charge in [-0.1, -0.05) is 74.0 Å². The number of aryl methyl sites for hydroxylation is 2. The van der Waals surface area contributed by atoms with Crippen molar-refractivity contribution in [2.24, 2.45) is 0 Å². The van der Waals surface area contributed by atoms with Gasteiger partial charge in [-0.15, -0.1) is 0 Å². The van der Waals surface area contributed by atoms with E-state index in [0.717, 1.165) is 36.3 Å². The molecular weight excluding hydrogens is 472 g/mol. The lowest BCUT2D eigenvalue weighted by Crippen LogP contribution is -2.29. The van der Waals surface area contributed by atoms with Crippen molar-refractivity contribution >= 4 is 28.7 Å². The van der Waals surface area contributed by atoms with Gasteiger partial charge in [0.15, 0.2) is 5.65 Å². The molecule has 0 unspecified atom stereocenters. The van der Waals surface area contributed by atoms with E-state index in [9.17, 15) is 9.59 Å². The fraction of sp³-hybridized carbons (Fsp3) is 0.188. The molecule has 0 radical (unpaired) electrons. The van der Waals surface area contributed by atoms with Crippen molar-refractivity contribution in [2.45, 2.75) is 39.7 Å². The van der Waals surface area contributed by atoms with Gasteiger partial charge in [-0.05, 0) is 53.8 Å². The van der Waals surface area contributed by atoms with Crippen molar-refractivity contribution < 1.29 is 9.59 Å². The number of aromatic nitrogens is 3. The smallest absolute Gasteiger partial charge is 0.266 e. The van der Waals surface area contributed by atoms with Crippen LogP contribution in [0.4, 0.5) is 5.69 Å². The van der Waals surface area contributed by atoms with E-state index in [0.29, 0.717) is 28.9 Å². The Morgan fingerprint density at radius 3 is 2.13 bits per heavy atom. The lowest BCUT2D eigenvalue weighted by atomic mass is 9.99. The standard InChI is InChI=1S/C32H28N4O2/c1-3-4-13-29-34-28-18-24(36-31(37)26-11-7-8-12-27(26)32(36)38)19-33-30(28)35(29)20-22-14-16-23(17-15-22)25-10-6-5-9-21(25)2/h5-12,14-19H,3-4,13,20H2,1-2H3. The summed E-state index contributed by atoms with van der Waals surface area (Å²) < 4.78 is 2.15. The second kappa shape index (κ2) is 9.71. The molecule has 0 bridgehead atoms. The number of rotatable bonds is 7. The molecule has 6 rings (SSSR count). The van der Waals surface area contributed by atoms with E-state index >= 15 is 0 Å². The molecule has 2 aromatic heterocycles. The van der Waals surface area contributed by atoms with Gasteiger partial charge in [0.05, 0.1) is 29.6 Å². The maximum Gasteiger partial charge on any atom is 0.266 e. The molecule has 0 fully saturated rings. The Labute approximate surface area is 221 Å². The number of carbonyl (C=O) groups excluding carboxylic acids is 2. The Balaban J connectivity index is 1.34. The predicted molar refractivity (Wildman–Crippen MR) is 149 cm³/mol. The van der Waals surface area contributed by atoms with Crippen LogP contribution in [0.15, 0.2) is 85.1 Å². The maximum atomic E-state index is 13.0. The zero-order valence-corrected chi connectivity index (χ0v) is 21.5. The van der Waals surface area contributed by atoms with Gasteiger partial charge in [0, 0.05) is 6.42 Å². The number of benzene rings is 3. The Hall–Kier alpha value is -4.58. The van der Waals surface area contributed by atoms with Crippen LogP contribution >= 0.6 is 0 Å². The Morgan fingerprint density at radius 1 is 0.816 bits per heavy atom. The Kier molecular flexibility index (Phi) is 6.08. The van der Waals surface area contributed by atoms with Gasteiger partial charge in [-0.3, -0.25) is 9.59 Å². The minimum absolute atomic E-state index is 0.328. The van der Waals surface area contributed by atoms with E-state index in [1.165, 1.54) is 21.6 Å². The van der Waals surface area contributed by atoms with Crippen LogP contribution in [0.1, 0.15) is 57.4 Å². The highest BCUT2D eigenvalue weighted by Gasteiger charge is 2.36. The number of imide groups is 1. The molecule has 1 aliphatic rings. The zero-order chi connectivity index (χ0) is 26.2. The molecule has 2 amide bonds. The van der Waals surface area contributed by atoms with Crippen molar-refractivity contribution in [1.29, 1.82) is 0 Å². The van der Waals surface area contributed by atoms with Crippen LogP contribution in [0.5, 0.6) is 0 Å². The summed E-state index contributed by atoms with van der Waals surface area (Å²) in [6.45, 7) is 4.93. The van der Waals surface area contributed by atoms with Gasteiger partial charge in [0.25, 0.3) is 11.8 Å². The van der Waals surface area contributed by atoms with Gasteiger partial charge in [0.1, 0.15) is 11.3 Å². The average Bonchev–Trinajstić information content (AvgIpc) is 3.41. The number of imidazole rings is 1. The third-order valence-corrected chi connectivity index (χ3v) is 7.21. The molecule has 0 atom stereocenters. The van der Waals surface area contributed by atoms with E-state index in [1.54, 1.807) is 36.5 Å². The fourth-order valence-corrected chi connectivity index (χ4v) is 5.15. The monoisotopic (exact) mass is 500 g/mol. The Morgan fingerprint density at radius 2 is 1.47 bits per heavy atom. The number of hydrogen-bond donors (Lipinski definition) is 0. The molecule has 5 aromatic rings. The topological polar surface area (TPSA) is 68.1 Å². The summed E-state index contributed by atoms with van der Waals surface area (Å²) in [4.78, 5) is 36.8. The summed E-state index contributed by atoms with van der Waals surface area (Å²) in [7, 11) is 0. The lowest BCUT2D eigenvalue weighted by molar-refractivity contribution is 0.0926. The molecule has 1 aliphatic heterocycles. The normalized spacial score (nSPS) is 12.9. The van der Waals surface area contributed by atoms with Crippen LogP contribution in [0.2, 0.25) is 0 Å². The average molecular weight is 501 g/mol. The molecule has 3 aromatic carbocycles. The number of pyridine rings is 1. The molecule has 188 valence electrons. The van der Waals surface area contributed by atoms with Crippen LogP contribution in [0.25, 0.3) is 22.3 Å². The third kappa shape index (κ3) is 4.08. The van der Waals surface area contributed by atoms with E-state index in [4.69, 9.17) is 9.97 Å². The van der Waals surface area contributed by atoms with E-state index < -0.39 is 0 Å². The first kappa shape index (κ1) is 23.8. The summed E-state index contributed by atoms with van der Waals surface area (Å²) in [5.74, 6) is 0.300. The first-order valence-electron chi connectivity index (χ1n) is 13.0. The Bertz CT molecular complexity index is 1650. The molecule has 0 aliphatic carbocycles. The number of carbonyl (C=O) groups is 2. The van der Waals surface area contributed by atoms with Crippen molar-refractivity contribution in [3.63, 3.8) is 0 Å². The molecule has 0 saturated heterocycles. The zero-order valence-electron chi connectivity index (χ0n) is 21.5. The summed E-state index contributed by atoms with van der Waals surface area (Å²) in [5, 5.41) is 0. The predicted octanol–water partition coefficient (Wildman–Crippen LogP) is 6.60. The largest absolute Gasteiger partial charge is 0.308 e. The second-order valence-corrected chi connectivity index (χ2v) is 9.76. The SMILES string of the molecule is CCCCc1nc2cc(N3C(=O)c4ccccc4C3=O)cnc2n1Cc1ccc(-c2ccccc2C)cc1. The van der Waals surface area contributed by atoms with Crippen molar-refractivity contribution in [3.8, 4) is 11.1 Å². The minimum Gasteiger partial charge on any atom is -0.308 e. The summed E-state index contributed by atoms with van der Waals surface area (Å²) >= 11 is 0. The number of anilines is 1. The first-order valence-corrected chi connectivity index (χ1v) is 13.0. The molecule has 0 spiro atoms. The van der Waals surface area contributed by atoms with Gasteiger partial charge < -0.3 is 4.57 Å². The highest BCUT2D eigenvalue weighted by molar-refractivity contribution is 6.34. The maximum absolute atomic E-state index is 13.0. The molecule has 3 heterocycles. The molecule has 6 heteroatoms. The summed E-state index contributed by atoms with van der Waals surface area (Å²) in [5.41, 5.74) is 7.54. The molecule has 0 N–H and O–H groups in total.